The normalized spacial score (nSPS) is 11.9. The first-order valence-electron chi connectivity index (χ1n) is 13.2. The van der Waals surface area contributed by atoms with E-state index in [0.717, 1.165) is 10.8 Å². The van der Waals surface area contributed by atoms with Crippen molar-refractivity contribution >= 4 is 34.1 Å². The van der Waals surface area contributed by atoms with Gasteiger partial charge in [-0.15, -0.1) is 0 Å². The number of benzene rings is 4. The van der Waals surface area contributed by atoms with Crippen molar-refractivity contribution in [2.75, 3.05) is 0 Å². The molecule has 0 saturated heterocycles. The van der Waals surface area contributed by atoms with E-state index in [1.54, 1.807) is 49.4 Å². The summed E-state index contributed by atoms with van der Waals surface area (Å²) in [7, 11) is 0. The number of aromatic carboxylic acids is 1. The van der Waals surface area contributed by atoms with Crippen molar-refractivity contribution in [3.8, 4) is 11.1 Å². The van der Waals surface area contributed by atoms with Crippen molar-refractivity contribution in [2.45, 2.75) is 13.0 Å². The van der Waals surface area contributed by atoms with Crippen LogP contribution in [0.1, 0.15) is 55.4 Å². The van der Waals surface area contributed by atoms with Gasteiger partial charge in [0.15, 0.2) is 0 Å². The number of fused-ring (bicyclic) bond motifs is 2. The summed E-state index contributed by atoms with van der Waals surface area (Å²) in [6.07, 6.45) is 1.45. The van der Waals surface area contributed by atoms with E-state index in [1.807, 2.05) is 36.4 Å². The molecule has 7 nitrogen and oxygen atoms in total. The number of hydrogen-bond acceptors (Lipinski definition) is 4. The van der Waals surface area contributed by atoms with Gasteiger partial charge in [0.05, 0.1) is 17.8 Å². The van der Waals surface area contributed by atoms with Crippen LogP contribution >= 0.6 is 0 Å². The standard InChI is InChI=1S/C34H24FN3O4/c1-20(21-6-9-24(10-7-21)34(41)42)37-33(40)29-17-27(23-12-14-28(35)15-13-23)18-31-36-19-30(38(29)31)32(39)26-11-8-22-4-2-3-5-25(22)16-26/h2-20H,1H3,(H,37,40)(H,41,42)/t20-/m0/s1. The average molecular weight is 558 g/mol. The Balaban J connectivity index is 1.43. The molecule has 2 N–H and O–H groups in total. The molecule has 6 rings (SSSR count). The lowest BCUT2D eigenvalue weighted by molar-refractivity contribution is 0.0696. The summed E-state index contributed by atoms with van der Waals surface area (Å²) in [4.78, 5) is 43.3. The van der Waals surface area contributed by atoms with E-state index >= 15 is 0 Å². The number of amides is 1. The zero-order chi connectivity index (χ0) is 29.4. The van der Waals surface area contributed by atoms with Gasteiger partial charge in [0.1, 0.15) is 22.9 Å². The highest BCUT2D eigenvalue weighted by molar-refractivity contribution is 6.11. The van der Waals surface area contributed by atoms with Gasteiger partial charge in [0.25, 0.3) is 5.91 Å². The maximum atomic E-state index is 13.8. The van der Waals surface area contributed by atoms with Gasteiger partial charge in [-0.3, -0.25) is 14.0 Å². The average Bonchev–Trinajstić information content (AvgIpc) is 3.44. The fraction of sp³-hybridized carbons (Fsp3) is 0.0588. The molecule has 0 unspecified atom stereocenters. The number of carboxylic acid groups (broad SMARTS) is 1. The Morgan fingerprint density at radius 1 is 0.786 bits per heavy atom. The molecular weight excluding hydrogens is 533 g/mol. The molecule has 2 heterocycles. The third kappa shape index (κ3) is 5.01. The smallest absolute Gasteiger partial charge is 0.335 e. The summed E-state index contributed by atoms with van der Waals surface area (Å²) in [5.41, 5.74) is 3.37. The Hall–Kier alpha value is -5.63. The number of nitrogens with one attached hydrogen (secondary N) is 1. The van der Waals surface area contributed by atoms with Crippen molar-refractivity contribution in [2.24, 2.45) is 0 Å². The van der Waals surface area contributed by atoms with E-state index in [1.165, 1.54) is 34.9 Å². The van der Waals surface area contributed by atoms with Gasteiger partial charge >= 0.3 is 5.97 Å². The second-order valence-electron chi connectivity index (χ2n) is 9.99. The third-order valence-electron chi connectivity index (χ3n) is 7.27. The Bertz CT molecular complexity index is 2000. The Kier molecular flexibility index (Phi) is 6.80. The monoisotopic (exact) mass is 557 g/mol. The van der Waals surface area contributed by atoms with Gasteiger partial charge in [-0.2, -0.15) is 0 Å². The molecule has 0 bridgehead atoms. The highest BCUT2D eigenvalue weighted by atomic mass is 19.1. The Morgan fingerprint density at radius 3 is 2.19 bits per heavy atom. The first-order chi connectivity index (χ1) is 20.3. The van der Waals surface area contributed by atoms with Gasteiger partial charge in [-0.05, 0) is 76.9 Å². The summed E-state index contributed by atoms with van der Waals surface area (Å²) in [5.74, 6) is -2.19. The predicted octanol–water partition coefficient (Wildman–Crippen LogP) is 6.71. The summed E-state index contributed by atoms with van der Waals surface area (Å²) < 4.78 is 15.2. The van der Waals surface area contributed by atoms with E-state index in [0.29, 0.717) is 27.9 Å². The van der Waals surface area contributed by atoms with Crippen LogP contribution in [0.15, 0.2) is 109 Å². The molecule has 8 heteroatoms. The Morgan fingerprint density at radius 2 is 1.48 bits per heavy atom. The molecule has 1 atom stereocenters. The maximum Gasteiger partial charge on any atom is 0.335 e. The Labute approximate surface area is 239 Å². The number of imidazole rings is 1. The lowest BCUT2D eigenvalue weighted by Gasteiger charge is -2.17. The van der Waals surface area contributed by atoms with Crippen LogP contribution in [0.5, 0.6) is 0 Å². The van der Waals surface area contributed by atoms with Crippen LogP contribution in [-0.4, -0.2) is 32.2 Å². The molecule has 42 heavy (non-hydrogen) atoms. The number of carboxylic acids is 1. The summed E-state index contributed by atoms with van der Waals surface area (Å²) in [6, 6.07) is 28.2. The minimum atomic E-state index is -1.04. The van der Waals surface area contributed by atoms with Gasteiger partial charge in [-0.25, -0.2) is 14.2 Å². The molecule has 4 aromatic carbocycles. The number of ketones is 1. The van der Waals surface area contributed by atoms with Gasteiger partial charge in [-0.1, -0.05) is 60.7 Å². The van der Waals surface area contributed by atoms with Crippen LogP contribution in [0.25, 0.3) is 27.5 Å². The van der Waals surface area contributed by atoms with Crippen LogP contribution in [0.4, 0.5) is 4.39 Å². The van der Waals surface area contributed by atoms with Crippen molar-refractivity contribution in [1.29, 1.82) is 0 Å². The zero-order valence-corrected chi connectivity index (χ0v) is 22.4. The first-order valence-corrected chi connectivity index (χ1v) is 13.2. The molecule has 0 saturated carbocycles. The fourth-order valence-corrected chi connectivity index (χ4v) is 5.00. The summed E-state index contributed by atoms with van der Waals surface area (Å²) in [6.45, 7) is 1.78. The summed E-state index contributed by atoms with van der Waals surface area (Å²) >= 11 is 0. The summed E-state index contributed by atoms with van der Waals surface area (Å²) in [5, 5.41) is 14.1. The second-order valence-corrected chi connectivity index (χ2v) is 9.99. The van der Waals surface area contributed by atoms with Gasteiger partial charge in [0.2, 0.25) is 5.78 Å². The molecule has 2 aromatic heterocycles. The maximum absolute atomic E-state index is 13.8. The minimum absolute atomic E-state index is 0.140. The highest BCUT2D eigenvalue weighted by Crippen LogP contribution is 2.26. The molecular formula is C34H24FN3O4. The van der Waals surface area contributed by atoms with E-state index in [-0.39, 0.29) is 28.6 Å². The SMILES string of the molecule is C[C@H](NC(=O)c1cc(-c2ccc(F)cc2)cc2ncc(C(=O)c3ccc4ccccc4c3)n12)c1ccc(C(=O)O)cc1. The molecule has 0 radical (unpaired) electrons. The van der Waals surface area contributed by atoms with Gasteiger partial charge < -0.3 is 10.4 Å². The molecule has 6 aromatic rings. The topological polar surface area (TPSA) is 101 Å². The van der Waals surface area contributed by atoms with Crippen LogP contribution in [0.2, 0.25) is 0 Å². The fourth-order valence-electron chi connectivity index (χ4n) is 5.00. The van der Waals surface area contributed by atoms with E-state index in [2.05, 4.69) is 10.3 Å². The zero-order valence-electron chi connectivity index (χ0n) is 22.4. The molecule has 206 valence electrons. The van der Waals surface area contributed by atoms with Crippen LogP contribution in [0.3, 0.4) is 0 Å². The number of nitrogens with zero attached hydrogens (tertiary/aromatic N) is 2. The van der Waals surface area contributed by atoms with Crippen molar-refractivity contribution in [3.05, 3.63) is 143 Å². The highest BCUT2D eigenvalue weighted by Gasteiger charge is 2.23. The number of halogens is 1. The van der Waals surface area contributed by atoms with Crippen LogP contribution in [0, 0.1) is 5.82 Å². The first kappa shape index (κ1) is 26.6. The van der Waals surface area contributed by atoms with Crippen molar-refractivity contribution in [1.82, 2.24) is 14.7 Å². The van der Waals surface area contributed by atoms with Crippen molar-refractivity contribution in [3.63, 3.8) is 0 Å². The van der Waals surface area contributed by atoms with E-state index < -0.39 is 17.9 Å². The number of rotatable bonds is 7. The minimum Gasteiger partial charge on any atom is -0.478 e. The van der Waals surface area contributed by atoms with Crippen molar-refractivity contribution < 1.29 is 23.9 Å². The molecule has 0 aliphatic carbocycles. The third-order valence-corrected chi connectivity index (χ3v) is 7.27. The van der Waals surface area contributed by atoms with E-state index in [4.69, 9.17) is 0 Å². The lowest BCUT2D eigenvalue weighted by atomic mass is 10.0. The number of pyridine rings is 1. The molecule has 0 aliphatic heterocycles. The van der Waals surface area contributed by atoms with Crippen LogP contribution in [-0.2, 0) is 0 Å². The lowest BCUT2D eigenvalue weighted by Crippen LogP contribution is -2.29. The molecule has 0 spiro atoms. The quantitative estimate of drug-likeness (QED) is 0.212. The second kappa shape index (κ2) is 10.7. The largest absolute Gasteiger partial charge is 0.478 e. The number of aromatic nitrogens is 2. The number of hydrogen-bond donors (Lipinski definition) is 2. The molecule has 0 fully saturated rings. The van der Waals surface area contributed by atoms with Crippen LogP contribution < -0.4 is 5.32 Å². The molecule has 1 amide bonds. The number of carbonyl (C=O) groups excluding carboxylic acids is 2. The molecule has 0 aliphatic rings. The van der Waals surface area contributed by atoms with E-state index in [9.17, 15) is 23.9 Å². The van der Waals surface area contributed by atoms with Gasteiger partial charge in [0, 0.05) is 5.56 Å². The predicted molar refractivity (Wildman–Crippen MR) is 157 cm³/mol. The number of carbonyl (C=O) groups is 3.